The van der Waals surface area contributed by atoms with Crippen LogP contribution >= 0.6 is 0 Å². The Morgan fingerprint density at radius 1 is 0.923 bits per heavy atom. The summed E-state index contributed by atoms with van der Waals surface area (Å²) in [7, 11) is -5.68. The Bertz CT molecular complexity index is 830. The predicted molar refractivity (Wildman–Crippen MR) is 96.6 cm³/mol. The highest BCUT2D eigenvalue weighted by Gasteiger charge is 2.48. The van der Waals surface area contributed by atoms with Gasteiger partial charge in [0.05, 0.1) is 0 Å². The van der Waals surface area contributed by atoms with Crippen molar-refractivity contribution in [1.82, 2.24) is 0 Å². The predicted octanol–water partition coefficient (Wildman–Crippen LogP) is 5.97. The van der Waals surface area contributed by atoms with Gasteiger partial charge in [-0.2, -0.15) is 21.6 Å². The molecule has 2 aromatic rings. The zero-order valence-corrected chi connectivity index (χ0v) is 15.5. The molecule has 2 aromatic carbocycles. The van der Waals surface area contributed by atoms with Crippen molar-refractivity contribution >= 4 is 20.9 Å². The summed E-state index contributed by atoms with van der Waals surface area (Å²) in [5, 5.41) is 1.56. The average Bonchev–Trinajstić information content (AvgIpc) is 2.58. The minimum absolute atomic E-state index is 0.241. The maximum atomic E-state index is 12.7. The summed E-state index contributed by atoms with van der Waals surface area (Å²) in [4.78, 5) is 0. The topological polar surface area (TPSA) is 43.4 Å². The Labute approximate surface area is 152 Å². The number of hydrogen-bond donors (Lipinski definition) is 0. The van der Waals surface area contributed by atoms with E-state index in [1.807, 2.05) is 12.1 Å². The molecule has 0 fully saturated rings. The number of alkyl halides is 3. The van der Waals surface area contributed by atoms with Gasteiger partial charge < -0.3 is 4.18 Å². The summed E-state index contributed by atoms with van der Waals surface area (Å²) in [5.74, 6) is -0.241. The minimum atomic E-state index is -5.68. The molecular weight excluding hydrogens is 365 g/mol. The molecule has 0 aromatic heterocycles. The first kappa shape index (κ1) is 20.6. The van der Waals surface area contributed by atoms with E-state index in [1.165, 1.54) is 6.07 Å². The van der Waals surface area contributed by atoms with Crippen LogP contribution < -0.4 is 4.18 Å². The molecule has 2 rings (SSSR count). The number of rotatable bonds is 9. The fourth-order valence-corrected chi connectivity index (χ4v) is 3.39. The zero-order valence-electron chi connectivity index (χ0n) is 14.7. The van der Waals surface area contributed by atoms with Gasteiger partial charge in [0.25, 0.3) is 0 Å². The van der Waals surface area contributed by atoms with Crippen molar-refractivity contribution in [1.29, 1.82) is 0 Å². The fourth-order valence-electron chi connectivity index (χ4n) is 2.90. The van der Waals surface area contributed by atoms with Crippen molar-refractivity contribution in [3.8, 4) is 5.75 Å². The Kier molecular flexibility index (Phi) is 6.92. The Morgan fingerprint density at radius 2 is 1.58 bits per heavy atom. The molecule has 0 radical (unpaired) electrons. The van der Waals surface area contributed by atoms with Gasteiger partial charge in [-0.1, -0.05) is 69.4 Å². The molecule has 0 atom stereocenters. The molecule has 0 amide bonds. The fraction of sp³-hybridized carbons (Fsp3) is 0.474. The smallest absolute Gasteiger partial charge is 0.376 e. The second-order valence-electron chi connectivity index (χ2n) is 6.26. The van der Waals surface area contributed by atoms with Gasteiger partial charge in [-0.25, -0.2) is 0 Å². The van der Waals surface area contributed by atoms with Crippen LogP contribution in [0.25, 0.3) is 10.8 Å². The highest BCUT2D eigenvalue weighted by molar-refractivity contribution is 7.88. The van der Waals surface area contributed by atoms with Crippen molar-refractivity contribution in [3.05, 3.63) is 42.0 Å². The lowest BCUT2D eigenvalue weighted by molar-refractivity contribution is -0.0500. The van der Waals surface area contributed by atoms with Crippen LogP contribution in [0.1, 0.15) is 51.0 Å². The molecule has 3 nitrogen and oxygen atoms in total. The second-order valence-corrected chi connectivity index (χ2v) is 7.80. The van der Waals surface area contributed by atoms with E-state index in [-0.39, 0.29) is 5.75 Å². The lowest BCUT2D eigenvalue weighted by Crippen LogP contribution is -2.28. The summed E-state index contributed by atoms with van der Waals surface area (Å²) in [6, 6.07) is 10.1. The molecule has 0 heterocycles. The molecule has 0 saturated carbocycles. The van der Waals surface area contributed by atoms with Gasteiger partial charge in [0.2, 0.25) is 0 Å². The van der Waals surface area contributed by atoms with Crippen molar-refractivity contribution < 1.29 is 25.8 Å². The Hall–Kier alpha value is -1.76. The molecule has 0 aliphatic rings. The summed E-state index contributed by atoms with van der Waals surface area (Å²) >= 11 is 0. The molecule has 0 aliphatic heterocycles. The Morgan fingerprint density at radius 3 is 2.27 bits per heavy atom. The van der Waals surface area contributed by atoms with Crippen LogP contribution in [0.5, 0.6) is 5.75 Å². The average molecular weight is 388 g/mol. The maximum absolute atomic E-state index is 12.7. The molecule has 144 valence electrons. The lowest BCUT2D eigenvalue weighted by Gasteiger charge is -2.15. The third kappa shape index (κ3) is 5.13. The van der Waals surface area contributed by atoms with Crippen LogP contribution in [0.2, 0.25) is 0 Å². The number of halogens is 3. The molecule has 7 heteroatoms. The highest BCUT2D eigenvalue weighted by Crippen LogP contribution is 2.34. The van der Waals surface area contributed by atoms with Crippen LogP contribution in [-0.2, 0) is 16.5 Å². The van der Waals surface area contributed by atoms with E-state index in [0.29, 0.717) is 12.0 Å². The number of benzene rings is 2. The van der Waals surface area contributed by atoms with Crippen LogP contribution in [0.15, 0.2) is 36.4 Å². The van der Waals surface area contributed by atoms with Gasteiger partial charge in [0.1, 0.15) is 5.75 Å². The summed E-state index contributed by atoms with van der Waals surface area (Å²) in [6.45, 7) is 2.13. The van der Waals surface area contributed by atoms with Crippen LogP contribution in [-0.4, -0.2) is 13.9 Å². The van der Waals surface area contributed by atoms with Crippen molar-refractivity contribution in [2.24, 2.45) is 0 Å². The highest BCUT2D eigenvalue weighted by atomic mass is 32.2. The van der Waals surface area contributed by atoms with Gasteiger partial charge in [0.15, 0.2) is 0 Å². The number of fused-ring (bicyclic) bond motifs is 1. The number of aryl methyl sites for hydroxylation is 1. The zero-order chi connectivity index (χ0) is 19.2. The third-order valence-corrected chi connectivity index (χ3v) is 5.23. The second kappa shape index (κ2) is 8.75. The molecule has 0 spiro atoms. The number of unbranched alkanes of at least 4 members (excludes halogenated alkanes) is 5. The number of hydrogen-bond acceptors (Lipinski definition) is 3. The van der Waals surface area contributed by atoms with Crippen LogP contribution in [0, 0.1) is 0 Å². The van der Waals surface area contributed by atoms with E-state index >= 15 is 0 Å². The van der Waals surface area contributed by atoms with Gasteiger partial charge in [-0.05, 0) is 29.7 Å². The molecule has 0 saturated heterocycles. The quantitative estimate of drug-likeness (QED) is 0.302. The van der Waals surface area contributed by atoms with Crippen LogP contribution in [0.4, 0.5) is 13.2 Å². The molecule has 26 heavy (non-hydrogen) atoms. The standard InChI is InChI=1S/C19H23F3O3S/c1-2-3-4-5-6-7-12-17-16-11-9-8-10-15(16)13-14-18(17)25-26(23,24)19(20,21)22/h8-11,13-14H,2-7,12H2,1H3. The Balaban J connectivity index is 2.26. The van der Waals surface area contributed by atoms with Crippen LogP contribution in [0.3, 0.4) is 0 Å². The molecular formula is C19H23F3O3S. The van der Waals surface area contributed by atoms with E-state index in [9.17, 15) is 21.6 Å². The normalized spacial score (nSPS) is 12.5. The minimum Gasteiger partial charge on any atom is -0.376 e. The lowest BCUT2D eigenvalue weighted by atomic mass is 9.98. The van der Waals surface area contributed by atoms with E-state index in [4.69, 9.17) is 0 Å². The molecule has 0 aliphatic carbocycles. The summed E-state index contributed by atoms with van der Waals surface area (Å²) in [6.07, 6.45) is 6.64. The summed E-state index contributed by atoms with van der Waals surface area (Å²) in [5.41, 5.74) is -4.94. The third-order valence-electron chi connectivity index (χ3n) is 4.26. The van der Waals surface area contributed by atoms with E-state index in [2.05, 4.69) is 11.1 Å². The first-order chi connectivity index (χ1) is 12.3. The monoisotopic (exact) mass is 388 g/mol. The van der Waals surface area contributed by atoms with Gasteiger partial charge in [-0.15, -0.1) is 0 Å². The summed E-state index contributed by atoms with van der Waals surface area (Å²) < 4.78 is 65.3. The molecule has 0 bridgehead atoms. The van der Waals surface area contributed by atoms with Gasteiger partial charge >= 0.3 is 15.6 Å². The SMILES string of the molecule is CCCCCCCCc1c(OS(=O)(=O)C(F)(F)F)ccc2ccccc12. The van der Waals surface area contributed by atoms with Gasteiger partial charge in [-0.3, -0.25) is 0 Å². The largest absolute Gasteiger partial charge is 0.534 e. The maximum Gasteiger partial charge on any atom is 0.534 e. The van der Waals surface area contributed by atoms with Crippen molar-refractivity contribution in [2.75, 3.05) is 0 Å². The first-order valence-corrected chi connectivity index (χ1v) is 10.2. The van der Waals surface area contributed by atoms with Crippen molar-refractivity contribution in [3.63, 3.8) is 0 Å². The molecule has 0 N–H and O–H groups in total. The van der Waals surface area contributed by atoms with E-state index in [1.54, 1.807) is 18.2 Å². The van der Waals surface area contributed by atoms with Gasteiger partial charge in [0, 0.05) is 5.56 Å². The molecule has 0 unspecified atom stereocenters. The first-order valence-electron chi connectivity index (χ1n) is 8.77. The van der Waals surface area contributed by atoms with E-state index < -0.39 is 15.6 Å². The van der Waals surface area contributed by atoms with Crippen molar-refractivity contribution in [2.45, 2.75) is 57.4 Å². The van der Waals surface area contributed by atoms with E-state index in [0.717, 1.165) is 49.3 Å².